The monoisotopic (exact) mass is 297 g/mol. The number of nitrogens with zero attached hydrogens (tertiary/aromatic N) is 3. The minimum absolute atomic E-state index is 0.241. The van der Waals surface area contributed by atoms with Gasteiger partial charge in [-0.05, 0) is 43.7 Å². The van der Waals surface area contributed by atoms with E-state index >= 15 is 0 Å². The number of carboxylic acid groups (broad SMARTS) is 1. The third-order valence-corrected chi connectivity index (χ3v) is 4.07. The quantitative estimate of drug-likeness (QED) is 0.939. The van der Waals surface area contributed by atoms with Crippen molar-refractivity contribution in [3.8, 4) is 0 Å². The highest BCUT2D eigenvalue weighted by Gasteiger charge is 2.22. The molecular formula is C17H19N3O2. The van der Waals surface area contributed by atoms with Crippen LogP contribution in [-0.2, 0) is 6.54 Å². The number of carbonyl (C=O) groups is 1. The van der Waals surface area contributed by atoms with E-state index in [0.717, 1.165) is 43.9 Å². The molecule has 0 spiro atoms. The lowest BCUT2D eigenvalue weighted by Crippen LogP contribution is -2.34. The first kappa shape index (κ1) is 14.7. The van der Waals surface area contributed by atoms with Gasteiger partial charge in [-0.3, -0.25) is 14.9 Å². The van der Waals surface area contributed by atoms with E-state index in [1.807, 2.05) is 30.5 Å². The van der Waals surface area contributed by atoms with E-state index in [4.69, 9.17) is 5.11 Å². The fourth-order valence-corrected chi connectivity index (χ4v) is 2.93. The first-order valence-corrected chi connectivity index (χ1v) is 7.54. The lowest BCUT2D eigenvalue weighted by atomic mass is 9.94. The Kier molecular flexibility index (Phi) is 4.44. The average Bonchev–Trinajstić information content (AvgIpc) is 2.56. The maximum Gasteiger partial charge on any atom is 0.337 e. The van der Waals surface area contributed by atoms with E-state index in [0.29, 0.717) is 5.92 Å². The minimum atomic E-state index is -0.931. The Morgan fingerprint density at radius 3 is 2.86 bits per heavy atom. The zero-order chi connectivity index (χ0) is 15.4. The highest BCUT2D eigenvalue weighted by molar-refractivity contribution is 5.87. The largest absolute Gasteiger partial charge is 0.478 e. The fraction of sp³-hybridized carbons (Fsp3) is 0.353. The second-order valence-electron chi connectivity index (χ2n) is 5.67. The molecule has 3 rings (SSSR count). The Hall–Kier alpha value is -2.27. The summed E-state index contributed by atoms with van der Waals surface area (Å²) in [6, 6.07) is 9.47. The van der Waals surface area contributed by atoms with Gasteiger partial charge in [0.05, 0.1) is 11.3 Å². The van der Waals surface area contributed by atoms with E-state index in [2.05, 4.69) is 14.9 Å². The third kappa shape index (κ3) is 3.49. The van der Waals surface area contributed by atoms with Crippen LogP contribution in [0.3, 0.4) is 0 Å². The summed E-state index contributed by atoms with van der Waals surface area (Å²) in [7, 11) is 0. The number of aromatic nitrogens is 2. The molecule has 5 nitrogen and oxygen atoms in total. The molecule has 3 heterocycles. The zero-order valence-corrected chi connectivity index (χ0v) is 12.4. The number of carboxylic acids is 1. The molecule has 1 saturated heterocycles. The van der Waals surface area contributed by atoms with Crippen molar-refractivity contribution in [1.82, 2.24) is 14.9 Å². The summed E-state index contributed by atoms with van der Waals surface area (Å²) in [5.74, 6) is -0.570. The molecule has 1 atom stereocenters. The molecule has 2 aromatic heterocycles. The molecule has 1 aliphatic rings. The first-order chi connectivity index (χ1) is 10.7. The highest BCUT2D eigenvalue weighted by atomic mass is 16.4. The third-order valence-electron chi connectivity index (χ3n) is 4.07. The number of aromatic carboxylic acids is 1. The first-order valence-electron chi connectivity index (χ1n) is 7.54. The SMILES string of the molecule is O=C(O)c1ccc([C@@H]2CCCN(Cc3ccccn3)C2)nc1. The standard InChI is InChI=1S/C17H19N3O2/c21-17(22)13-6-7-16(19-10-13)14-4-3-9-20(11-14)12-15-5-1-2-8-18-15/h1-2,5-8,10,14H,3-4,9,11-12H2,(H,21,22)/t14-/m1/s1. The van der Waals surface area contributed by atoms with Gasteiger partial charge in [0.2, 0.25) is 0 Å². The van der Waals surface area contributed by atoms with Crippen LogP contribution in [-0.4, -0.2) is 39.0 Å². The topological polar surface area (TPSA) is 66.3 Å². The lowest BCUT2D eigenvalue weighted by Gasteiger charge is -2.32. The number of hydrogen-bond acceptors (Lipinski definition) is 4. The molecule has 1 N–H and O–H groups in total. The van der Waals surface area contributed by atoms with Crippen molar-refractivity contribution in [2.75, 3.05) is 13.1 Å². The van der Waals surface area contributed by atoms with Crippen LogP contribution in [0.15, 0.2) is 42.7 Å². The van der Waals surface area contributed by atoms with Gasteiger partial charge in [-0.1, -0.05) is 6.07 Å². The smallest absolute Gasteiger partial charge is 0.337 e. The predicted molar refractivity (Wildman–Crippen MR) is 82.7 cm³/mol. The van der Waals surface area contributed by atoms with Crippen molar-refractivity contribution in [3.05, 3.63) is 59.7 Å². The summed E-state index contributed by atoms with van der Waals surface area (Å²) in [5, 5.41) is 8.94. The van der Waals surface area contributed by atoms with Gasteiger partial charge in [0.1, 0.15) is 0 Å². The summed E-state index contributed by atoms with van der Waals surface area (Å²) in [5.41, 5.74) is 2.30. The number of pyridine rings is 2. The van der Waals surface area contributed by atoms with Crippen LogP contribution in [0.4, 0.5) is 0 Å². The molecule has 0 bridgehead atoms. The van der Waals surface area contributed by atoms with E-state index < -0.39 is 5.97 Å². The molecule has 0 amide bonds. The Morgan fingerprint density at radius 1 is 1.27 bits per heavy atom. The molecule has 2 aromatic rings. The Morgan fingerprint density at radius 2 is 2.18 bits per heavy atom. The molecule has 5 heteroatoms. The van der Waals surface area contributed by atoms with Crippen LogP contribution < -0.4 is 0 Å². The summed E-state index contributed by atoms with van der Waals surface area (Å²) >= 11 is 0. The van der Waals surface area contributed by atoms with E-state index in [1.165, 1.54) is 6.20 Å². The Balaban J connectivity index is 1.66. The van der Waals surface area contributed by atoms with Crippen LogP contribution >= 0.6 is 0 Å². The predicted octanol–water partition coefficient (Wildman–Crippen LogP) is 2.55. The summed E-state index contributed by atoms with van der Waals surface area (Å²) < 4.78 is 0. The molecule has 0 aromatic carbocycles. The number of likely N-dealkylation sites (tertiary alicyclic amines) is 1. The van der Waals surface area contributed by atoms with Gasteiger partial charge >= 0.3 is 5.97 Å². The summed E-state index contributed by atoms with van der Waals surface area (Å²) in [4.78, 5) is 22.0. The van der Waals surface area contributed by atoms with Crippen molar-refractivity contribution in [1.29, 1.82) is 0 Å². The van der Waals surface area contributed by atoms with Crippen molar-refractivity contribution < 1.29 is 9.90 Å². The Bertz CT molecular complexity index is 628. The van der Waals surface area contributed by atoms with Gasteiger partial charge in [0, 0.05) is 37.1 Å². The van der Waals surface area contributed by atoms with Gasteiger partial charge in [-0.15, -0.1) is 0 Å². The zero-order valence-electron chi connectivity index (χ0n) is 12.4. The number of rotatable bonds is 4. The summed E-state index contributed by atoms with van der Waals surface area (Å²) in [6.07, 6.45) is 5.50. The van der Waals surface area contributed by atoms with Crippen molar-refractivity contribution in [2.24, 2.45) is 0 Å². The fourth-order valence-electron chi connectivity index (χ4n) is 2.93. The maximum absolute atomic E-state index is 10.9. The molecule has 1 fully saturated rings. The second kappa shape index (κ2) is 6.66. The van der Waals surface area contributed by atoms with Gasteiger partial charge < -0.3 is 5.11 Å². The van der Waals surface area contributed by atoms with Gasteiger partial charge in [-0.2, -0.15) is 0 Å². The average molecular weight is 297 g/mol. The maximum atomic E-state index is 10.9. The number of hydrogen-bond donors (Lipinski definition) is 1. The Labute approximate surface area is 129 Å². The molecule has 114 valence electrons. The minimum Gasteiger partial charge on any atom is -0.478 e. The van der Waals surface area contributed by atoms with Crippen LogP contribution in [0.2, 0.25) is 0 Å². The van der Waals surface area contributed by atoms with Gasteiger partial charge in [-0.25, -0.2) is 4.79 Å². The molecule has 0 radical (unpaired) electrons. The van der Waals surface area contributed by atoms with Crippen LogP contribution in [0.5, 0.6) is 0 Å². The number of piperidine rings is 1. The van der Waals surface area contributed by atoms with E-state index in [9.17, 15) is 4.79 Å². The van der Waals surface area contributed by atoms with Crippen molar-refractivity contribution in [2.45, 2.75) is 25.3 Å². The molecule has 0 aliphatic carbocycles. The summed E-state index contributed by atoms with van der Waals surface area (Å²) in [6.45, 7) is 2.86. The lowest BCUT2D eigenvalue weighted by molar-refractivity contribution is 0.0696. The van der Waals surface area contributed by atoms with Crippen LogP contribution in [0, 0.1) is 0 Å². The second-order valence-corrected chi connectivity index (χ2v) is 5.67. The van der Waals surface area contributed by atoms with E-state index in [-0.39, 0.29) is 5.56 Å². The van der Waals surface area contributed by atoms with Crippen molar-refractivity contribution >= 4 is 5.97 Å². The van der Waals surface area contributed by atoms with Gasteiger partial charge in [0.25, 0.3) is 0 Å². The van der Waals surface area contributed by atoms with E-state index in [1.54, 1.807) is 6.07 Å². The molecule has 0 saturated carbocycles. The normalized spacial score (nSPS) is 19.0. The highest BCUT2D eigenvalue weighted by Crippen LogP contribution is 2.26. The molecule has 0 unspecified atom stereocenters. The van der Waals surface area contributed by atoms with Crippen LogP contribution in [0.25, 0.3) is 0 Å². The molecule has 22 heavy (non-hydrogen) atoms. The van der Waals surface area contributed by atoms with Crippen molar-refractivity contribution in [3.63, 3.8) is 0 Å². The van der Waals surface area contributed by atoms with Crippen LogP contribution in [0.1, 0.15) is 40.5 Å². The van der Waals surface area contributed by atoms with Gasteiger partial charge in [0.15, 0.2) is 0 Å². The molecule has 1 aliphatic heterocycles. The molecular weight excluding hydrogens is 278 g/mol.